The van der Waals surface area contributed by atoms with Crippen molar-refractivity contribution in [2.24, 2.45) is 17.3 Å². The lowest BCUT2D eigenvalue weighted by molar-refractivity contribution is -0.140. The van der Waals surface area contributed by atoms with Gasteiger partial charge in [0.05, 0.1) is 0 Å². The maximum Gasteiger partial charge on any atom is 0.246 e. The second-order valence-corrected chi connectivity index (χ2v) is 8.46. The van der Waals surface area contributed by atoms with Gasteiger partial charge in [0.1, 0.15) is 5.54 Å². The SMILES string of the molecule is C=CC1CC(NC(C)=O)(C(=O)NCCCC)C(CN(C)C)CC1(C)C. The van der Waals surface area contributed by atoms with Crippen molar-refractivity contribution >= 4 is 11.8 Å². The predicted octanol–water partition coefficient (Wildman–Crippen LogP) is 2.58. The Morgan fingerprint density at radius 3 is 2.40 bits per heavy atom. The minimum absolute atomic E-state index is 0.0497. The molecule has 1 rings (SSSR count). The van der Waals surface area contributed by atoms with E-state index in [9.17, 15) is 9.59 Å². The van der Waals surface area contributed by atoms with Gasteiger partial charge in [-0.1, -0.05) is 33.3 Å². The first-order valence-corrected chi connectivity index (χ1v) is 9.43. The van der Waals surface area contributed by atoms with Crippen molar-refractivity contribution < 1.29 is 9.59 Å². The molecule has 0 saturated heterocycles. The van der Waals surface area contributed by atoms with Crippen LogP contribution in [-0.4, -0.2) is 49.4 Å². The minimum Gasteiger partial charge on any atom is -0.354 e. The van der Waals surface area contributed by atoms with E-state index in [-0.39, 0.29) is 29.1 Å². The van der Waals surface area contributed by atoms with E-state index in [1.807, 2.05) is 20.2 Å². The molecule has 0 bridgehead atoms. The molecule has 0 spiro atoms. The molecular weight excluding hydrogens is 314 g/mol. The first kappa shape index (κ1) is 21.7. The molecule has 1 saturated carbocycles. The standard InChI is InChI=1S/C20H37N3O2/c1-8-10-11-21-18(25)20(22-15(3)24)13-16(9-2)19(4,5)12-17(20)14-23(6)7/h9,16-17H,2,8,10-14H2,1,3-7H3,(H,21,25)(H,22,24). The predicted molar refractivity (Wildman–Crippen MR) is 103 cm³/mol. The number of carbonyl (C=O) groups is 2. The summed E-state index contributed by atoms with van der Waals surface area (Å²) in [6.45, 7) is 13.5. The molecule has 0 aromatic carbocycles. The van der Waals surface area contributed by atoms with Gasteiger partial charge in [0, 0.05) is 25.9 Å². The molecule has 3 atom stereocenters. The van der Waals surface area contributed by atoms with Crippen LogP contribution in [0.15, 0.2) is 12.7 Å². The molecule has 2 N–H and O–H groups in total. The summed E-state index contributed by atoms with van der Waals surface area (Å²) in [5, 5.41) is 6.12. The van der Waals surface area contributed by atoms with Crippen LogP contribution in [0.25, 0.3) is 0 Å². The number of nitrogens with one attached hydrogen (secondary N) is 2. The molecule has 0 radical (unpaired) electrons. The van der Waals surface area contributed by atoms with Crippen molar-refractivity contribution in [3.8, 4) is 0 Å². The van der Waals surface area contributed by atoms with E-state index in [1.165, 1.54) is 6.92 Å². The molecule has 144 valence electrons. The van der Waals surface area contributed by atoms with Gasteiger partial charge in [-0.15, -0.1) is 6.58 Å². The van der Waals surface area contributed by atoms with Crippen molar-refractivity contribution in [3.63, 3.8) is 0 Å². The number of nitrogens with zero attached hydrogens (tertiary/aromatic N) is 1. The summed E-state index contributed by atoms with van der Waals surface area (Å²) in [7, 11) is 4.03. The van der Waals surface area contributed by atoms with Crippen LogP contribution < -0.4 is 10.6 Å². The smallest absolute Gasteiger partial charge is 0.246 e. The molecule has 0 heterocycles. The molecule has 0 aromatic heterocycles. The summed E-state index contributed by atoms with van der Waals surface area (Å²) < 4.78 is 0. The molecule has 5 heteroatoms. The Balaban J connectivity index is 3.26. The Morgan fingerprint density at radius 2 is 1.92 bits per heavy atom. The van der Waals surface area contributed by atoms with Gasteiger partial charge in [0.25, 0.3) is 0 Å². The largest absolute Gasteiger partial charge is 0.354 e. The number of carbonyl (C=O) groups excluding carboxylic acids is 2. The molecule has 25 heavy (non-hydrogen) atoms. The number of unbranched alkanes of at least 4 members (excludes halogenated alkanes) is 1. The quantitative estimate of drug-likeness (QED) is 0.522. The van der Waals surface area contributed by atoms with Gasteiger partial charge in [-0.3, -0.25) is 9.59 Å². The minimum atomic E-state index is -0.877. The van der Waals surface area contributed by atoms with Crippen LogP contribution in [0.5, 0.6) is 0 Å². The van der Waals surface area contributed by atoms with Crippen LogP contribution in [0.4, 0.5) is 0 Å². The molecule has 3 unspecified atom stereocenters. The third kappa shape index (κ3) is 5.30. The second-order valence-electron chi connectivity index (χ2n) is 8.46. The number of allylic oxidation sites excluding steroid dienone is 1. The van der Waals surface area contributed by atoms with E-state index in [1.54, 1.807) is 0 Å². The fraction of sp³-hybridized carbons (Fsp3) is 0.800. The molecule has 0 aliphatic heterocycles. The van der Waals surface area contributed by atoms with Crippen LogP contribution in [0.2, 0.25) is 0 Å². The normalized spacial score (nSPS) is 28.4. The van der Waals surface area contributed by atoms with Crippen LogP contribution in [0, 0.1) is 17.3 Å². The zero-order chi connectivity index (χ0) is 19.3. The average Bonchev–Trinajstić information content (AvgIpc) is 2.48. The Kier molecular flexibility index (Phi) is 7.66. The van der Waals surface area contributed by atoms with Crippen molar-refractivity contribution in [1.29, 1.82) is 0 Å². The lowest BCUT2D eigenvalue weighted by atomic mass is 9.57. The van der Waals surface area contributed by atoms with E-state index < -0.39 is 5.54 Å². The molecule has 2 amide bonds. The van der Waals surface area contributed by atoms with E-state index in [0.717, 1.165) is 25.8 Å². The lowest BCUT2D eigenvalue weighted by Gasteiger charge is -2.52. The highest BCUT2D eigenvalue weighted by Gasteiger charge is 2.54. The average molecular weight is 352 g/mol. The number of amides is 2. The summed E-state index contributed by atoms with van der Waals surface area (Å²) in [5.74, 6) is 0.0242. The number of hydrogen-bond acceptors (Lipinski definition) is 3. The van der Waals surface area contributed by atoms with Gasteiger partial charge < -0.3 is 15.5 Å². The lowest BCUT2D eigenvalue weighted by Crippen LogP contribution is -2.68. The molecular formula is C20H37N3O2. The van der Waals surface area contributed by atoms with E-state index >= 15 is 0 Å². The second kappa shape index (κ2) is 8.84. The topological polar surface area (TPSA) is 61.4 Å². The van der Waals surface area contributed by atoms with Crippen LogP contribution >= 0.6 is 0 Å². The molecule has 0 aromatic rings. The van der Waals surface area contributed by atoms with Crippen molar-refractivity contribution in [2.75, 3.05) is 27.2 Å². The summed E-state index contributed by atoms with van der Waals surface area (Å²) in [5.41, 5.74) is -0.827. The highest BCUT2D eigenvalue weighted by Crippen LogP contribution is 2.48. The van der Waals surface area contributed by atoms with Gasteiger partial charge in [0.15, 0.2) is 0 Å². The van der Waals surface area contributed by atoms with Gasteiger partial charge in [0.2, 0.25) is 11.8 Å². The van der Waals surface area contributed by atoms with Crippen molar-refractivity contribution in [3.05, 3.63) is 12.7 Å². The third-order valence-electron chi connectivity index (χ3n) is 5.51. The highest BCUT2D eigenvalue weighted by molar-refractivity contribution is 5.91. The Morgan fingerprint density at radius 1 is 1.28 bits per heavy atom. The fourth-order valence-corrected chi connectivity index (χ4v) is 4.15. The zero-order valence-electron chi connectivity index (χ0n) is 16.9. The van der Waals surface area contributed by atoms with Gasteiger partial charge in [-0.2, -0.15) is 0 Å². The molecule has 1 aliphatic carbocycles. The van der Waals surface area contributed by atoms with E-state index in [0.29, 0.717) is 13.0 Å². The maximum atomic E-state index is 13.2. The third-order valence-corrected chi connectivity index (χ3v) is 5.51. The Labute approximate surface area is 153 Å². The zero-order valence-corrected chi connectivity index (χ0v) is 16.9. The summed E-state index contributed by atoms with van der Waals surface area (Å²) in [6.07, 6.45) is 5.37. The summed E-state index contributed by atoms with van der Waals surface area (Å²) in [6, 6.07) is 0. The Hall–Kier alpha value is -1.36. The summed E-state index contributed by atoms with van der Waals surface area (Å²) >= 11 is 0. The Bertz CT molecular complexity index is 487. The van der Waals surface area contributed by atoms with Crippen LogP contribution in [0.1, 0.15) is 53.4 Å². The molecule has 5 nitrogen and oxygen atoms in total. The van der Waals surface area contributed by atoms with Gasteiger partial charge >= 0.3 is 0 Å². The number of hydrogen-bond donors (Lipinski definition) is 2. The van der Waals surface area contributed by atoms with Gasteiger partial charge in [-0.25, -0.2) is 0 Å². The van der Waals surface area contributed by atoms with Crippen LogP contribution in [0.3, 0.4) is 0 Å². The van der Waals surface area contributed by atoms with Crippen molar-refractivity contribution in [1.82, 2.24) is 15.5 Å². The highest BCUT2D eigenvalue weighted by atomic mass is 16.2. The van der Waals surface area contributed by atoms with Crippen LogP contribution in [-0.2, 0) is 9.59 Å². The maximum absolute atomic E-state index is 13.2. The number of rotatable bonds is 8. The summed E-state index contributed by atoms with van der Waals surface area (Å²) in [4.78, 5) is 27.3. The van der Waals surface area contributed by atoms with Crippen molar-refractivity contribution in [2.45, 2.75) is 58.9 Å². The van der Waals surface area contributed by atoms with E-state index in [4.69, 9.17) is 0 Å². The molecule has 1 aliphatic rings. The fourth-order valence-electron chi connectivity index (χ4n) is 4.15. The monoisotopic (exact) mass is 351 g/mol. The molecule has 1 fully saturated rings. The first-order chi connectivity index (χ1) is 11.6. The van der Waals surface area contributed by atoms with Gasteiger partial charge in [-0.05, 0) is 44.7 Å². The first-order valence-electron chi connectivity index (χ1n) is 9.43. The van der Waals surface area contributed by atoms with E-state index in [2.05, 4.69) is 42.9 Å².